The standard InChI is InChI=1S/C12H13FN2O5/c1-3-20-12(17)7(2)14-11(16)9-6-8(13)4-5-10(9)15(18)19/h4-7H,3H2,1-2H3,(H,14,16). The molecule has 108 valence electrons. The molecule has 0 heterocycles. The zero-order chi connectivity index (χ0) is 15.3. The molecule has 0 aliphatic carbocycles. The lowest BCUT2D eigenvalue weighted by Gasteiger charge is -2.12. The number of hydrogen-bond donors (Lipinski definition) is 1. The van der Waals surface area contributed by atoms with E-state index >= 15 is 0 Å². The summed E-state index contributed by atoms with van der Waals surface area (Å²) >= 11 is 0. The zero-order valence-electron chi connectivity index (χ0n) is 10.9. The molecule has 8 heteroatoms. The Kier molecular flexibility index (Phi) is 5.13. The smallest absolute Gasteiger partial charge is 0.328 e. The van der Waals surface area contributed by atoms with Crippen LogP contribution in [0.15, 0.2) is 18.2 Å². The van der Waals surface area contributed by atoms with Gasteiger partial charge in [0, 0.05) is 6.07 Å². The van der Waals surface area contributed by atoms with E-state index in [2.05, 4.69) is 10.1 Å². The van der Waals surface area contributed by atoms with Crippen LogP contribution < -0.4 is 5.32 Å². The van der Waals surface area contributed by atoms with Gasteiger partial charge in [-0.1, -0.05) is 0 Å². The lowest BCUT2D eigenvalue weighted by molar-refractivity contribution is -0.385. The Morgan fingerprint density at radius 2 is 2.15 bits per heavy atom. The number of esters is 1. The van der Waals surface area contributed by atoms with Gasteiger partial charge in [0.25, 0.3) is 11.6 Å². The minimum Gasteiger partial charge on any atom is -0.464 e. The fourth-order valence-electron chi connectivity index (χ4n) is 1.45. The topological polar surface area (TPSA) is 98.5 Å². The van der Waals surface area contributed by atoms with Crippen LogP contribution in [0.25, 0.3) is 0 Å². The molecule has 1 N–H and O–H groups in total. The molecule has 0 saturated carbocycles. The quantitative estimate of drug-likeness (QED) is 0.501. The number of amides is 1. The molecule has 1 amide bonds. The third-order valence-electron chi connectivity index (χ3n) is 2.39. The van der Waals surface area contributed by atoms with Crippen LogP contribution in [-0.4, -0.2) is 29.4 Å². The van der Waals surface area contributed by atoms with Gasteiger partial charge in [-0.25, -0.2) is 9.18 Å². The van der Waals surface area contributed by atoms with Crippen LogP contribution in [0.3, 0.4) is 0 Å². The van der Waals surface area contributed by atoms with E-state index in [1.807, 2.05) is 0 Å². The molecule has 0 radical (unpaired) electrons. The highest BCUT2D eigenvalue weighted by Gasteiger charge is 2.24. The maximum absolute atomic E-state index is 13.1. The first-order valence-corrected chi connectivity index (χ1v) is 5.78. The van der Waals surface area contributed by atoms with Gasteiger partial charge in [0.05, 0.1) is 11.5 Å². The van der Waals surface area contributed by atoms with Crippen molar-refractivity contribution >= 4 is 17.6 Å². The minimum absolute atomic E-state index is 0.138. The molecule has 1 atom stereocenters. The summed E-state index contributed by atoms with van der Waals surface area (Å²) < 4.78 is 17.8. The maximum Gasteiger partial charge on any atom is 0.328 e. The zero-order valence-corrected chi connectivity index (χ0v) is 10.9. The van der Waals surface area contributed by atoms with Gasteiger partial charge in [0.2, 0.25) is 0 Å². The van der Waals surface area contributed by atoms with Gasteiger partial charge in [-0.05, 0) is 26.0 Å². The second kappa shape index (κ2) is 6.60. The molecule has 7 nitrogen and oxygen atoms in total. The maximum atomic E-state index is 13.1. The molecular formula is C12H13FN2O5. The van der Waals surface area contributed by atoms with Gasteiger partial charge >= 0.3 is 5.97 Å². The van der Waals surface area contributed by atoms with E-state index in [-0.39, 0.29) is 6.61 Å². The summed E-state index contributed by atoms with van der Waals surface area (Å²) in [6.45, 7) is 3.10. The van der Waals surface area contributed by atoms with Crippen LogP contribution in [0.4, 0.5) is 10.1 Å². The Bertz CT molecular complexity index is 547. The number of hydrogen-bond acceptors (Lipinski definition) is 5. The van der Waals surface area contributed by atoms with E-state index in [4.69, 9.17) is 0 Å². The summed E-state index contributed by atoms with van der Waals surface area (Å²) in [5, 5.41) is 13.0. The fraction of sp³-hybridized carbons (Fsp3) is 0.333. The highest BCUT2D eigenvalue weighted by atomic mass is 19.1. The summed E-state index contributed by atoms with van der Waals surface area (Å²) in [5.41, 5.74) is -0.994. The molecule has 0 aliphatic heterocycles. The Morgan fingerprint density at radius 3 is 2.70 bits per heavy atom. The summed E-state index contributed by atoms with van der Waals surface area (Å²) in [6, 6.07) is 1.51. The summed E-state index contributed by atoms with van der Waals surface area (Å²) in [5.74, 6) is -2.39. The van der Waals surface area contributed by atoms with E-state index in [1.165, 1.54) is 6.92 Å². The van der Waals surface area contributed by atoms with E-state index < -0.39 is 39.9 Å². The monoisotopic (exact) mass is 284 g/mol. The predicted molar refractivity (Wildman–Crippen MR) is 66.6 cm³/mol. The van der Waals surface area contributed by atoms with Crippen molar-refractivity contribution in [2.24, 2.45) is 0 Å². The normalized spacial score (nSPS) is 11.6. The van der Waals surface area contributed by atoms with Gasteiger partial charge in [-0.15, -0.1) is 0 Å². The number of nitro groups is 1. The first-order valence-electron chi connectivity index (χ1n) is 5.78. The number of nitro benzene ring substituents is 1. The molecule has 0 saturated heterocycles. The molecule has 0 aromatic heterocycles. The number of ether oxygens (including phenoxy) is 1. The molecule has 1 aromatic carbocycles. The molecular weight excluding hydrogens is 271 g/mol. The van der Waals surface area contributed by atoms with E-state index in [0.717, 1.165) is 18.2 Å². The number of nitrogens with zero attached hydrogens (tertiary/aromatic N) is 1. The van der Waals surface area contributed by atoms with Crippen LogP contribution in [0.2, 0.25) is 0 Å². The van der Waals surface area contributed by atoms with Gasteiger partial charge in [0.15, 0.2) is 0 Å². The SMILES string of the molecule is CCOC(=O)C(C)NC(=O)c1cc(F)ccc1[N+](=O)[O-]. The Hall–Kier alpha value is -2.51. The summed E-state index contributed by atoms with van der Waals surface area (Å²) in [4.78, 5) is 33.2. The second-order valence-corrected chi connectivity index (χ2v) is 3.87. The second-order valence-electron chi connectivity index (χ2n) is 3.87. The molecule has 20 heavy (non-hydrogen) atoms. The molecule has 0 spiro atoms. The van der Waals surface area contributed by atoms with Crippen LogP contribution in [0, 0.1) is 15.9 Å². The molecule has 1 aromatic rings. The first kappa shape index (κ1) is 15.5. The van der Waals surface area contributed by atoms with Crippen LogP contribution >= 0.6 is 0 Å². The van der Waals surface area contributed by atoms with Gasteiger partial charge < -0.3 is 10.1 Å². The lowest BCUT2D eigenvalue weighted by Crippen LogP contribution is -2.39. The highest BCUT2D eigenvalue weighted by molar-refractivity contribution is 6.00. The molecule has 1 rings (SSSR count). The minimum atomic E-state index is -0.995. The van der Waals surface area contributed by atoms with Crippen LogP contribution in [0.5, 0.6) is 0 Å². The van der Waals surface area contributed by atoms with E-state index in [0.29, 0.717) is 0 Å². The number of rotatable bonds is 5. The number of benzene rings is 1. The first-order chi connectivity index (χ1) is 9.36. The molecule has 1 unspecified atom stereocenters. The molecule has 0 bridgehead atoms. The largest absolute Gasteiger partial charge is 0.464 e. The van der Waals surface area contributed by atoms with Crippen LogP contribution in [0.1, 0.15) is 24.2 Å². The number of carbonyl (C=O) groups excluding carboxylic acids is 2. The third kappa shape index (κ3) is 3.74. The van der Waals surface area contributed by atoms with E-state index in [1.54, 1.807) is 6.92 Å². The molecule has 0 aliphatic rings. The number of carbonyl (C=O) groups is 2. The van der Waals surface area contributed by atoms with Gasteiger partial charge in [0.1, 0.15) is 17.4 Å². The van der Waals surface area contributed by atoms with Crippen molar-refractivity contribution in [3.63, 3.8) is 0 Å². The summed E-state index contributed by atoms with van der Waals surface area (Å²) in [7, 11) is 0. The van der Waals surface area contributed by atoms with Crippen molar-refractivity contribution < 1.29 is 23.6 Å². The fourth-order valence-corrected chi connectivity index (χ4v) is 1.45. The number of halogens is 1. The lowest BCUT2D eigenvalue weighted by atomic mass is 10.1. The summed E-state index contributed by atoms with van der Waals surface area (Å²) in [6.07, 6.45) is 0. The Labute approximate surface area is 113 Å². The average Bonchev–Trinajstić information content (AvgIpc) is 2.38. The van der Waals surface area contributed by atoms with E-state index in [9.17, 15) is 24.1 Å². The van der Waals surface area contributed by atoms with Crippen molar-refractivity contribution in [3.05, 3.63) is 39.7 Å². The van der Waals surface area contributed by atoms with Crippen LogP contribution in [-0.2, 0) is 9.53 Å². The number of nitrogens with one attached hydrogen (secondary N) is 1. The Morgan fingerprint density at radius 1 is 1.50 bits per heavy atom. The van der Waals surface area contributed by atoms with Gasteiger partial charge in [-0.2, -0.15) is 0 Å². The van der Waals surface area contributed by atoms with Crippen molar-refractivity contribution in [1.29, 1.82) is 0 Å². The van der Waals surface area contributed by atoms with Crippen molar-refractivity contribution in [3.8, 4) is 0 Å². The average molecular weight is 284 g/mol. The Balaban J connectivity index is 2.95. The third-order valence-corrected chi connectivity index (χ3v) is 2.39. The highest BCUT2D eigenvalue weighted by Crippen LogP contribution is 2.19. The predicted octanol–water partition coefficient (Wildman–Crippen LogP) is 1.42. The van der Waals surface area contributed by atoms with Gasteiger partial charge in [-0.3, -0.25) is 14.9 Å². The van der Waals surface area contributed by atoms with Crippen molar-refractivity contribution in [1.82, 2.24) is 5.32 Å². The van der Waals surface area contributed by atoms with Crippen molar-refractivity contribution in [2.75, 3.05) is 6.61 Å². The van der Waals surface area contributed by atoms with Crippen molar-refractivity contribution in [2.45, 2.75) is 19.9 Å². The molecule has 0 fully saturated rings.